The number of carbonyl (C=O) groups is 1. The summed E-state index contributed by atoms with van der Waals surface area (Å²) in [5.74, 6) is -0.297. The van der Waals surface area contributed by atoms with E-state index in [1.165, 1.54) is 25.2 Å². The highest BCUT2D eigenvalue weighted by molar-refractivity contribution is 5.95. The van der Waals surface area contributed by atoms with E-state index in [1.807, 2.05) is 26.0 Å². The Morgan fingerprint density at radius 3 is 2.33 bits per heavy atom. The number of nitrogens with one attached hydrogen (secondary N) is 2. The average Bonchev–Trinajstić information content (AvgIpc) is 2.78. The average molecular weight is 288 g/mol. The Labute approximate surface area is 121 Å². The third-order valence-corrected chi connectivity index (χ3v) is 3.19. The lowest BCUT2D eigenvalue weighted by atomic mass is 10.1. The molecule has 0 spiro atoms. The quantitative estimate of drug-likeness (QED) is 0.667. The molecule has 1 amide bonds. The lowest BCUT2D eigenvalue weighted by molar-refractivity contribution is -0.384. The van der Waals surface area contributed by atoms with Crippen molar-refractivity contribution in [1.82, 2.24) is 9.99 Å². The van der Waals surface area contributed by atoms with Crippen molar-refractivity contribution < 1.29 is 9.72 Å². The van der Waals surface area contributed by atoms with E-state index < -0.39 is 4.92 Å². The third-order valence-electron chi connectivity index (χ3n) is 3.19. The van der Waals surface area contributed by atoms with E-state index in [9.17, 15) is 14.9 Å². The third kappa shape index (κ3) is 2.86. The van der Waals surface area contributed by atoms with Crippen LogP contribution in [-0.4, -0.2) is 22.6 Å². The number of hydrogen-bond donors (Lipinski definition) is 2. The molecule has 0 aliphatic heterocycles. The number of anilines is 1. The SMILES string of the molecule is CNC(=O)c1ccc([N+](=O)[O-])c(Nn2c(C)ccc2C)c1. The Hall–Kier alpha value is -2.83. The molecular weight excluding hydrogens is 272 g/mol. The standard InChI is InChI=1S/C14H16N4O3/c1-9-4-5-10(2)17(9)16-12-8-11(14(19)15-3)6-7-13(12)18(20)21/h4-8,16H,1-3H3,(H,15,19). The van der Waals surface area contributed by atoms with Crippen LogP contribution < -0.4 is 10.7 Å². The molecule has 0 saturated heterocycles. The Morgan fingerprint density at radius 2 is 1.81 bits per heavy atom. The largest absolute Gasteiger partial charge is 0.355 e. The van der Waals surface area contributed by atoms with E-state index in [1.54, 1.807) is 4.68 Å². The number of benzene rings is 1. The van der Waals surface area contributed by atoms with E-state index in [4.69, 9.17) is 0 Å². The van der Waals surface area contributed by atoms with Gasteiger partial charge in [-0.2, -0.15) is 0 Å². The number of hydrogen-bond acceptors (Lipinski definition) is 4. The number of nitro benzene ring substituents is 1. The number of aromatic nitrogens is 1. The van der Waals surface area contributed by atoms with Crippen molar-refractivity contribution in [3.8, 4) is 0 Å². The van der Waals surface area contributed by atoms with Crippen LogP contribution in [0.5, 0.6) is 0 Å². The van der Waals surface area contributed by atoms with E-state index in [-0.39, 0.29) is 17.3 Å². The Kier molecular flexibility index (Phi) is 3.93. The summed E-state index contributed by atoms with van der Waals surface area (Å²) in [6.45, 7) is 3.77. The molecular formula is C14H16N4O3. The van der Waals surface area contributed by atoms with Gasteiger partial charge < -0.3 is 5.32 Å². The fraction of sp³-hybridized carbons (Fsp3) is 0.214. The summed E-state index contributed by atoms with van der Waals surface area (Å²) in [5.41, 5.74) is 5.34. The second kappa shape index (κ2) is 5.66. The van der Waals surface area contributed by atoms with Gasteiger partial charge in [-0.25, -0.2) is 0 Å². The lowest BCUT2D eigenvalue weighted by Crippen LogP contribution is -2.19. The molecule has 1 aromatic carbocycles. The van der Waals surface area contributed by atoms with Gasteiger partial charge in [-0.05, 0) is 38.1 Å². The molecule has 0 radical (unpaired) electrons. The monoisotopic (exact) mass is 288 g/mol. The van der Waals surface area contributed by atoms with Gasteiger partial charge >= 0.3 is 0 Å². The molecule has 0 aliphatic carbocycles. The summed E-state index contributed by atoms with van der Waals surface area (Å²) >= 11 is 0. The normalized spacial score (nSPS) is 10.2. The summed E-state index contributed by atoms with van der Waals surface area (Å²) in [4.78, 5) is 22.3. The number of aryl methyl sites for hydroxylation is 2. The van der Waals surface area contributed by atoms with Gasteiger partial charge in [0.05, 0.1) is 4.92 Å². The van der Waals surface area contributed by atoms with Crippen molar-refractivity contribution in [2.45, 2.75) is 13.8 Å². The first-order valence-electron chi connectivity index (χ1n) is 6.36. The summed E-state index contributed by atoms with van der Waals surface area (Å²) in [7, 11) is 1.51. The van der Waals surface area contributed by atoms with Crippen molar-refractivity contribution in [2.75, 3.05) is 12.5 Å². The van der Waals surface area contributed by atoms with Crippen LogP contribution in [0.3, 0.4) is 0 Å². The molecule has 0 fully saturated rings. The Morgan fingerprint density at radius 1 is 1.19 bits per heavy atom. The molecule has 7 nitrogen and oxygen atoms in total. The predicted molar refractivity (Wildman–Crippen MR) is 79.4 cm³/mol. The van der Waals surface area contributed by atoms with Gasteiger partial charge in [0, 0.05) is 30.1 Å². The van der Waals surface area contributed by atoms with Crippen molar-refractivity contribution >= 4 is 17.3 Å². The number of nitrogens with zero attached hydrogens (tertiary/aromatic N) is 2. The van der Waals surface area contributed by atoms with Crippen LogP contribution in [-0.2, 0) is 0 Å². The molecule has 21 heavy (non-hydrogen) atoms. The summed E-state index contributed by atoms with van der Waals surface area (Å²) < 4.78 is 1.73. The van der Waals surface area contributed by atoms with Crippen molar-refractivity contribution in [1.29, 1.82) is 0 Å². The molecule has 0 unspecified atom stereocenters. The maximum Gasteiger partial charge on any atom is 0.294 e. The molecule has 2 aromatic rings. The Bertz CT molecular complexity index is 687. The summed E-state index contributed by atoms with van der Waals surface area (Å²) in [6.07, 6.45) is 0. The van der Waals surface area contributed by atoms with Crippen LogP contribution >= 0.6 is 0 Å². The molecule has 0 bridgehead atoms. The van der Waals surface area contributed by atoms with Crippen molar-refractivity contribution in [2.24, 2.45) is 0 Å². The number of carbonyl (C=O) groups excluding carboxylic acids is 1. The van der Waals surface area contributed by atoms with Crippen LogP contribution in [0, 0.1) is 24.0 Å². The van der Waals surface area contributed by atoms with Crippen molar-refractivity contribution in [3.63, 3.8) is 0 Å². The summed E-state index contributed by atoms with van der Waals surface area (Å²) in [6, 6.07) is 8.02. The van der Waals surface area contributed by atoms with Crippen LogP contribution in [0.25, 0.3) is 0 Å². The molecule has 7 heteroatoms. The van der Waals surface area contributed by atoms with Gasteiger partial charge in [0.1, 0.15) is 5.69 Å². The first-order chi connectivity index (χ1) is 9.93. The highest BCUT2D eigenvalue weighted by Crippen LogP contribution is 2.26. The topological polar surface area (TPSA) is 89.2 Å². The minimum absolute atomic E-state index is 0.0878. The van der Waals surface area contributed by atoms with Crippen LogP contribution in [0.15, 0.2) is 30.3 Å². The van der Waals surface area contributed by atoms with Gasteiger partial charge in [-0.1, -0.05) is 0 Å². The maximum absolute atomic E-state index is 11.7. The molecule has 1 aromatic heterocycles. The zero-order chi connectivity index (χ0) is 15.6. The molecule has 0 aliphatic rings. The van der Waals surface area contributed by atoms with Gasteiger partial charge in [0.25, 0.3) is 11.6 Å². The van der Waals surface area contributed by atoms with E-state index in [2.05, 4.69) is 10.7 Å². The first kappa shape index (κ1) is 14.6. The first-order valence-corrected chi connectivity index (χ1v) is 6.36. The molecule has 1 heterocycles. The highest BCUT2D eigenvalue weighted by Gasteiger charge is 2.17. The van der Waals surface area contributed by atoms with Gasteiger partial charge in [-0.3, -0.25) is 25.0 Å². The van der Waals surface area contributed by atoms with Crippen LogP contribution in [0.2, 0.25) is 0 Å². The molecule has 0 saturated carbocycles. The predicted octanol–water partition coefficient (Wildman–Crippen LogP) is 2.25. The van der Waals surface area contributed by atoms with Gasteiger partial charge in [-0.15, -0.1) is 0 Å². The minimum Gasteiger partial charge on any atom is -0.355 e. The number of rotatable bonds is 4. The second-order valence-electron chi connectivity index (χ2n) is 4.63. The van der Waals surface area contributed by atoms with Crippen LogP contribution in [0.1, 0.15) is 21.7 Å². The molecule has 110 valence electrons. The lowest BCUT2D eigenvalue weighted by Gasteiger charge is -2.13. The van der Waals surface area contributed by atoms with E-state index in [0.717, 1.165) is 11.4 Å². The second-order valence-corrected chi connectivity index (χ2v) is 4.63. The zero-order valence-electron chi connectivity index (χ0n) is 12.0. The molecule has 2 rings (SSSR count). The summed E-state index contributed by atoms with van der Waals surface area (Å²) in [5, 5.41) is 13.6. The molecule has 0 atom stereocenters. The van der Waals surface area contributed by atoms with Crippen LogP contribution in [0.4, 0.5) is 11.4 Å². The van der Waals surface area contributed by atoms with Gasteiger partial charge in [0.15, 0.2) is 0 Å². The van der Waals surface area contributed by atoms with E-state index >= 15 is 0 Å². The van der Waals surface area contributed by atoms with Crippen molar-refractivity contribution in [3.05, 3.63) is 57.4 Å². The van der Waals surface area contributed by atoms with Gasteiger partial charge in [0.2, 0.25) is 0 Å². The Balaban J connectivity index is 2.49. The minimum atomic E-state index is -0.482. The van der Waals surface area contributed by atoms with E-state index in [0.29, 0.717) is 5.56 Å². The fourth-order valence-electron chi connectivity index (χ4n) is 2.04. The number of amides is 1. The smallest absolute Gasteiger partial charge is 0.294 e. The highest BCUT2D eigenvalue weighted by atomic mass is 16.6. The number of nitro groups is 1. The zero-order valence-corrected chi connectivity index (χ0v) is 12.0. The maximum atomic E-state index is 11.7. The molecule has 2 N–H and O–H groups in total. The fourth-order valence-corrected chi connectivity index (χ4v) is 2.04.